The lowest BCUT2D eigenvalue weighted by atomic mass is 10.2. The van der Waals surface area contributed by atoms with Crippen LogP contribution in [0.1, 0.15) is 12.8 Å². The van der Waals surface area contributed by atoms with Crippen molar-refractivity contribution in [3.63, 3.8) is 0 Å². The number of rotatable bonds is 0. The average Bonchev–Trinajstić information content (AvgIpc) is 2.05. The molecule has 0 bridgehead atoms. The van der Waals surface area contributed by atoms with Gasteiger partial charge in [0.2, 0.25) is 0 Å². The van der Waals surface area contributed by atoms with E-state index in [1.807, 2.05) is 30.4 Å². The quantitative estimate of drug-likeness (QED) is 0.505. The summed E-state index contributed by atoms with van der Waals surface area (Å²) in [5, 5.41) is 0. The van der Waals surface area contributed by atoms with E-state index in [2.05, 4.69) is 30.4 Å². The van der Waals surface area contributed by atoms with Gasteiger partial charge in [-0.1, -0.05) is 54.7 Å². The molecule has 0 amide bonds. The molecule has 0 aromatic rings. The Morgan fingerprint density at radius 1 is 0.750 bits per heavy atom. The Kier molecular flexibility index (Phi) is 4.70. The highest BCUT2D eigenvalue weighted by atomic mass is 13.8. The Bertz CT molecular complexity index is 211. The van der Waals surface area contributed by atoms with Gasteiger partial charge in [0, 0.05) is 0 Å². The molecule has 1 aliphatic rings. The van der Waals surface area contributed by atoms with Gasteiger partial charge in [-0.25, -0.2) is 0 Å². The first kappa shape index (κ1) is 8.79. The summed E-state index contributed by atoms with van der Waals surface area (Å²) in [6.45, 7) is 0. The van der Waals surface area contributed by atoms with Gasteiger partial charge in [-0.2, -0.15) is 0 Å². The Morgan fingerprint density at radius 2 is 1.50 bits per heavy atom. The zero-order valence-corrected chi connectivity index (χ0v) is 7.11. The molecule has 0 N–H and O–H groups in total. The predicted molar refractivity (Wildman–Crippen MR) is 53.6 cm³/mol. The van der Waals surface area contributed by atoms with Crippen LogP contribution in [0.15, 0.2) is 54.7 Å². The van der Waals surface area contributed by atoms with E-state index in [1.165, 1.54) is 0 Å². The van der Waals surface area contributed by atoms with Crippen molar-refractivity contribution in [1.29, 1.82) is 0 Å². The maximum absolute atomic E-state index is 3.09. The van der Waals surface area contributed by atoms with Crippen molar-refractivity contribution in [1.82, 2.24) is 0 Å². The molecular formula is C12H13. The Morgan fingerprint density at radius 3 is 2.33 bits per heavy atom. The topological polar surface area (TPSA) is 0 Å². The summed E-state index contributed by atoms with van der Waals surface area (Å²) in [6, 6.07) is 0. The van der Waals surface area contributed by atoms with Crippen molar-refractivity contribution in [2.24, 2.45) is 0 Å². The van der Waals surface area contributed by atoms with Crippen LogP contribution in [-0.4, -0.2) is 0 Å². The second-order valence-corrected chi connectivity index (χ2v) is 2.49. The molecule has 0 aromatic carbocycles. The minimum atomic E-state index is 0.957. The van der Waals surface area contributed by atoms with Crippen LogP contribution >= 0.6 is 0 Å². The van der Waals surface area contributed by atoms with E-state index in [0.717, 1.165) is 12.8 Å². The van der Waals surface area contributed by atoms with Crippen LogP contribution in [0.25, 0.3) is 0 Å². The third-order valence-electron chi connectivity index (χ3n) is 1.46. The summed E-state index contributed by atoms with van der Waals surface area (Å²) in [7, 11) is 0. The summed E-state index contributed by atoms with van der Waals surface area (Å²) in [5.41, 5.74) is 0. The zero-order chi connectivity index (χ0) is 8.49. The molecular weight excluding hydrogens is 144 g/mol. The van der Waals surface area contributed by atoms with Crippen molar-refractivity contribution in [3.05, 3.63) is 60.8 Å². The standard InChI is InChI=1S/C12H13/c1-2-4-6-8-10-12-11-9-7-5-3-1/h1-6,9-11H,7-8H2. The van der Waals surface area contributed by atoms with E-state index >= 15 is 0 Å². The van der Waals surface area contributed by atoms with Gasteiger partial charge < -0.3 is 0 Å². The fraction of sp³-hybridized carbons (Fsp3) is 0.167. The van der Waals surface area contributed by atoms with Gasteiger partial charge in [-0.05, 0) is 18.9 Å². The summed E-state index contributed by atoms with van der Waals surface area (Å²) >= 11 is 0. The van der Waals surface area contributed by atoms with Gasteiger partial charge in [0.15, 0.2) is 0 Å². The van der Waals surface area contributed by atoms with Crippen LogP contribution in [-0.2, 0) is 0 Å². The van der Waals surface area contributed by atoms with Gasteiger partial charge >= 0.3 is 0 Å². The largest absolute Gasteiger partial charge is 0.0807 e. The van der Waals surface area contributed by atoms with E-state index < -0.39 is 0 Å². The molecule has 0 atom stereocenters. The molecule has 0 fully saturated rings. The first-order chi connectivity index (χ1) is 6.00. The molecule has 0 heteroatoms. The van der Waals surface area contributed by atoms with Gasteiger partial charge in [-0.15, -0.1) is 0 Å². The molecule has 61 valence electrons. The normalized spacial score (nSPS) is 17.3. The van der Waals surface area contributed by atoms with Gasteiger partial charge in [0.1, 0.15) is 0 Å². The van der Waals surface area contributed by atoms with Crippen LogP contribution in [0.3, 0.4) is 0 Å². The minimum Gasteiger partial charge on any atom is -0.0807 e. The lowest BCUT2D eigenvalue weighted by Crippen LogP contribution is -1.62. The monoisotopic (exact) mass is 157 g/mol. The summed E-state index contributed by atoms with van der Waals surface area (Å²) < 4.78 is 0. The zero-order valence-electron chi connectivity index (χ0n) is 7.11. The van der Waals surface area contributed by atoms with E-state index in [9.17, 15) is 0 Å². The van der Waals surface area contributed by atoms with Crippen LogP contribution in [0.5, 0.6) is 0 Å². The molecule has 1 rings (SSSR count). The first-order valence-electron chi connectivity index (χ1n) is 4.21. The first-order valence-corrected chi connectivity index (χ1v) is 4.21. The molecule has 0 saturated heterocycles. The summed E-state index contributed by atoms with van der Waals surface area (Å²) in [6.07, 6.45) is 23.5. The van der Waals surface area contributed by atoms with E-state index in [4.69, 9.17) is 0 Å². The number of hydrogen-bond acceptors (Lipinski definition) is 0. The van der Waals surface area contributed by atoms with Crippen LogP contribution < -0.4 is 0 Å². The molecule has 0 heterocycles. The second-order valence-electron chi connectivity index (χ2n) is 2.49. The average molecular weight is 157 g/mol. The molecule has 12 heavy (non-hydrogen) atoms. The third kappa shape index (κ3) is 4.51. The summed E-state index contributed by atoms with van der Waals surface area (Å²) in [5.74, 6) is 0. The van der Waals surface area contributed by atoms with Crippen LogP contribution in [0.2, 0.25) is 0 Å². The van der Waals surface area contributed by atoms with Gasteiger partial charge in [-0.3, -0.25) is 0 Å². The van der Waals surface area contributed by atoms with Gasteiger partial charge in [0.05, 0.1) is 0 Å². The van der Waals surface area contributed by atoms with Crippen molar-refractivity contribution < 1.29 is 0 Å². The molecule has 0 aliphatic heterocycles. The molecule has 0 spiro atoms. The Balaban J connectivity index is 2.55. The second kappa shape index (κ2) is 6.41. The third-order valence-corrected chi connectivity index (χ3v) is 1.46. The smallest absolute Gasteiger partial charge is 0.0157 e. The maximum atomic E-state index is 3.09. The predicted octanol–water partition coefficient (Wildman–Crippen LogP) is 3.36. The molecule has 0 aromatic heterocycles. The molecule has 1 radical (unpaired) electrons. The molecule has 1 aliphatic carbocycles. The van der Waals surface area contributed by atoms with Crippen molar-refractivity contribution in [3.8, 4) is 0 Å². The van der Waals surface area contributed by atoms with Crippen molar-refractivity contribution in [2.75, 3.05) is 0 Å². The van der Waals surface area contributed by atoms with Gasteiger partial charge in [0.25, 0.3) is 0 Å². The van der Waals surface area contributed by atoms with E-state index in [1.54, 1.807) is 0 Å². The lowest BCUT2D eigenvalue weighted by molar-refractivity contribution is 1.35. The minimum absolute atomic E-state index is 0.957. The maximum Gasteiger partial charge on any atom is -0.0157 e. The van der Waals surface area contributed by atoms with Crippen LogP contribution in [0, 0.1) is 6.08 Å². The number of hydrogen-bond donors (Lipinski definition) is 0. The Hall–Kier alpha value is -1.30. The molecule has 0 nitrogen and oxygen atoms in total. The fourth-order valence-electron chi connectivity index (χ4n) is 0.861. The highest BCUT2D eigenvalue weighted by Gasteiger charge is 1.72. The lowest BCUT2D eigenvalue weighted by Gasteiger charge is -1.82. The molecule has 0 saturated carbocycles. The van der Waals surface area contributed by atoms with Crippen molar-refractivity contribution in [2.45, 2.75) is 12.8 Å². The Labute approximate surface area is 74.3 Å². The SMILES string of the molecule is [C]1=CCC=CC=CC=CCC=C1. The van der Waals surface area contributed by atoms with Crippen LogP contribution in [0.4, 0.5) is 0 Å². The van der Waals surface area contributed by atoms with E-state index in [-0.39, 0.29) is 0 Å². The molecule has 0 unspecified atom stereocenters. The fourth-order valence-corrected chi connectivity index (χ4v) is 0.861. The highest BCUT2D eigenvalue weighted by molar-refractivity contribution is 5.14. The van der Waals surface area contributed by atoms with Crippen molar-refractivity contribution >= 4 is 0 Å². The highest BCUT2D eigenvalue weighted by Crippen LogP contribution is 1.92. The number of allylic oxidation sites excluding steroid dienone is 10. The summed E-state index contributed by atoms with van der Waals surface area (Å²) in [4.78, 5) is 0. The van der Waals surface area contributed by atoms with E-state index in [0.29, 0.717) is 0 Å².